The molecule has 0 amide bonds. The maximum atomic E-state index is 11.8. The Kier molecular flexibility index (Phi) is 3.79. The Morgan fingerprint density at radius 2 is 1.90 bits per heavy atom. The Hall–Kier alpha value is -2.46. The van der Waals surface area contributed by atoms with Crippen LogP contribution in [-0.2, 0) is 9.53 Å². The van der Waals surface area contributed by atoms with Crippen molar-refractivity contribution >= 4 is 35.4 Å². The van der Waals surface area contributed by atoms with Crippen molar-refractivity contribution in [3.63, 3.8) is 0 Å². The summed E-state index contributed by atoms with van der Waals surface area (Å²) in [5.74, 6) is -0.0860. The third-order valence-electron chi connectivity index (χ3n) is 2.90. The average Bonchev–Trinajstić information content (AvgIpc) is 3.05. The zero-order chi connectivity index (χ0) is 14.7. The standard InChI is InChI=1S/C17H13NO2S/c1-12-7-9-14(21-12)11-15-17(19)20-16(18-15)10-8-13-5-3-2-4-6-13/h2-11H,1H3. The van der Waals surface area contributed by atoms with E-state index in [4.69, 9.17) is 4.74 Å². The Balaban J connectivity index is 1.79. The molecular formula is C17H13NO2S. The zero-order valence-electron chi connectivity index (χ0n) is 11.4. The average molecular weight is 295 g/mol. The predicted molar refractivity (Wildman–Crippen MR) is 86.0 cm³/mol. The lowest BCUT2D eigenvalue weighted by Gasteiger charge is -1.92. The smallest absolute Gasteiger partial charge is 0.363 e. The fourth-order valence-electron chi connectivity index (χ4n) is 1.89. The Bertz CT molecular complexity index is 754. The molecule has 3 rings (SSSR count). The van der Waals surface area contributed by atoms with Crippen molar-refractivity contribution in [3.8, 4) is 0 Å². The number of rotatable bonds is 3. The molecule has 0 unspecified atom stereocenters. The number of ether oxygens (including phenoxy) is 1. The summed E-state index contributed by atoms with van der Waals surface area (Å²) in [7, 11) is 0. The zero-order valence-corrected chi connectivity index (χ0v) is 12.3. The van der Waals surface area contributed by atoms with E-state index in [0.717, 1.165) is 10.4 Å². The number of hydrogen-bond donors (Lipinski definition) is 0. The van der Waals surface area contributed by atoms with Crippen molar-refractivity contribution in [3.05, 3.63) is 69.6 Å². The first kappa shape index (κ1) is 13.5. The summed E-state index contributed by atoms with van der Waals surface area (Å²) in [4.78, 5) is 18.2. The van der Waals surface area contributed by atoms with Crippen molar-refractivity contribution in [2.24, 2.45) is 4.99 Å². The van der Waals surface area contributed by atoms with Crippen LogP contribution in [0.25, 0.3) is 12.2 Å². The maximum absolute atomic E-state index is 11.8. The van der Waals surface area contributed by atoms with Gasteiger partial charge in [0.15, 0.2) is 5.70 Å². The van der Waals surface area contributed by atoms with Gasteiger partial charge in [0.2, 0.25) is 5.90 Å². The minimum absolute atomic E-state index is 0.323. The van der Waals surface area contributed by atoms with Crippen LogP contribution in [-0.4, -0.2) is 11.9 Å². The molecule has 2 heterocycles. The third kappa shape index (κ3) is 3.35. The van der Waals surface area contributed by atoms with Gasteiger partial charge < -0.3 is 4.74 Å². The van der Waals surface area contributed by atoms with Gasteiger partial charge in [0.1, 0.15) is 0 Å². The summed E-state index contributed by atoms with van der Waals surface area (Å²) < 4.78 is 5.14. The van der Waals surface area contributed by atoms with Gasteiger partial charge >= 0.3 is 5.97 Å². The summed E-state index contributed by atoms with van der Waals surface area (Å²) in [5.41, 5.74) is 1.37. The van der Waals surface area contributed by atoms with Crippen molar-refractivity contribution in [1.82, 2.24) is 0 Å². The number of nitrogens with zero attached hydrogens (tertiary/aromatic N) is 1. The highest BCUT2D eigenvalue weighted by atomic mass is 32.1. The first-order valence-electron chi connectivity index (χ1n) is 6.53. The number of esters is 1. The second-order valence-corrected chi connectivity index (χ2v) is 5.88. The van der Waals surface area contributed by atoms with Crippen LogP contribution >= 0.6 is 11.3 Å². The van der Waals surface area contributed by atoms with E-state index in [1.165, 1.54) is 4.88 Å². The SMILES string of the molecule is Cc1ccc(C=C2N=C(C=Cc3ccccc3)OC2=O)s1. The molecule has 0 fully saturated rings. The van der Waals surface area contributed by atoms with E-state index in [1.807, 2.05) is 55.5 Å². The van der Waals surface area contributed by atoms with E-state index >= 15 is 0 Å². The van der Waals surface area contributed by atoms with E-state index in [0.29, 0.717) is 11.6 Å². The molecule has 1 aliphatic rings. The molecule has 0 bridgehead atoms. The Labute approximate surface area is 126 Å². The number of carbonyl (C=O) groups excluding carboxylic acids is 1. The van der Waals surface area contributed by atoms with Crippen molar-refractivity contribution in [2.45, 2.75) is 6.92 Å². The summed E-state index contributed by atoms with van der Waals surface area (Å²) in [5, 5.41) is 0. The van der Waals surface area contributed by atoms with Crippen LogP contribution in [0, 0.1) is 6.92 Å². The van der Waals surface area contributed by atoms with E-state index < -0.39 is 5.97 Å². The summed E-state index contributed by atoms with van der Waals surface area (Å²) in [6, 6.07) is 13.8. The van der Waals surface area contributed by atoms with Crippen LogP contribution < -0.4 is 0 Å². The van der Waals surface area contributed by atoms with Crippen LogP contribution in [0.5, 0.6) is 0 Å². The lowest BCUT2D eigenvalue weighted by molar-refractivity contribution is -0.129. The number of aryl methyl sites for hydroxylation is 1. The molecule has 0 N–H and O–H groups in total. The molecule has 0 spiro atoms. The molecule has 2 aromatic rings. The largest absolute Gasteiger partial charge is 0.403 e. The van der Waals surface area contributed by atoms with Gasteiger partial charge in [0.05, 0.1) is 0 Å². The monoisotopic (exact) mass is 295 g/mol. The number of thiophene rings is 1. The minimum Gasteiger partial charge on any atom is -0.403 e. The Morgan fingerprint density at radius 1 is 1.10 bits per heavy atom. The number of hydrogen-bond acceptors (Lipinski definition) is 4. The van der Waals surface area contributed by atoms with Crippen LogP contribution in [0.15, 0.2) is 59.2 Å². The fourth-order valence-corrected chi connectivity index (χ4v) is 2.71. The number of carbonyl (C=O) groups is 1. The van der Waals surface area contributed by atoms with Crippen molar-refractivity contribution in [2.75, 3.05) is 0 Å². The molecular weight excluding hydrogens is 282 g/mol. The number of benzene rings is 1. The quantitative estimate of drug-likeness (QED) is 0.632. The topological polar surface area (TPSA) is 38.7 Å². The molecule has 0 aliphatic carbocycles. The van der Waals surface area contributed by atoms with Gasteiger partial charge in [-0.25, -0.2) is 9.79 Å². The third-order valence-corrected chi connectivity index (χ3v) is 3.84. The molecule has 1 aliphatic heterocycles. The van der Waals surface area contributed by atoms with E-state index in [9.17, 15) is 4.79 Å². The highest BCUT2D eigenvalue weighted by Crippen LogP contribution is 2.21. The van der Waals surface area contributed by atoms with Crippen molar-refractivity contribution in [1.29, 1.82) is 0 Å². The van der Waals surface area contributed by atoms with E-state index in [-0.39, 0.29) is 0 Å². The van der Waals surface area contributed by atoms with E-state index in [2.05, 4.69) is 4.99 Å². The van der Waals surface area contributed by atoms with Gasteiger partial charge in [-0.15, -0.1) is 11.3 Å². The van der Waals surface area contributed by atoms with Gasteiger partial charge in [-0.2, -0.15) is 0 Å². The first-order valence-corrected chi connectivity index (χ1v) is 7.34. The van der Waals surface area contributed by atoms with Gasteiger partial charge in [-0.1, -0.05) is 30.3 Å². The van der Waals surface area contributed by atoms with Gasteiger partial charge in [-0.05, 0) is 36.8 Å². The highest BCUT2D eigenvalue weighted by molar-refractivity contribution is 7.12. The summed E-state index contributed by atoms with van der Waals surface area (Å²) in [6.07, 6.45) is 5.32. The number of cyclic esters (lactones) is 1. The maximum Gasteiger partial charge on any atom is 0.363 e. The molecule has 0 atom stereocenters. The Morgan fingerprint density at radius 3 is 2.62 bits per heavy atom. The predicted octanol–water partition coefficient (Wildman–Crippen LogP) is 4.07. The molecule has 1 aromatic carbocycles. The van der Waals surface area contributed by atoms with Crippen LogP contribution in [0.1, 0.15) is 15.3 Å². The second kappa shape index (κ2) is 5.89. The lowest BCUT2D eigenvalue weighted by atomic mass is 10.2. The van der Waals surface area contributed by atoms with Gasteiger partial charge in [0.25, 0.3) is 0 Å². The molecule has 3 nitrogen and oxygen atoms in total. The van der Waals surface area contributed by atoms with Gasteiger partial charge in [-0.3, -0.25) is 0 Å². The second-order valence-electron chi connectivity index (χ2n) is 4.56. The summed E-state index contributed by atoms with van der Waals surface area (Å²) >= 11 is 1.62. The lowest BCUT2D eigenvalue weighted by Crippen LogP contribution is -2.00. The highest BCUT2D eigenvalue weighted by Gasteiger charge is 2.21. The molecule has 0 saturated carbocycles. The van der Waals surface area contributed by atoms with Crippen LogP contribution in [0.4, 0.5) is 0 Å². The summed E-state index contributed by atoms with van der Waals surface area (Å²) in [6.45, 7) is 2.02. The van der Waals surface area contributed by atoms with E-state index in [1.54, 1.807) is 23.5 Å². The van der Waals surface area contributed by atoms with Crippen LogP contribution in [0.2, 0.25) is 0 Å². The molecule has 0 radical (unpaired) electrons. The van der Waals surface area contributed by atoms with Gasteiger partial charge in [0, 0.05) is 15.8 Å². The molecule has 0 saturated heterocycles. The van der Waals surface area contributed by atoms with Crippen LogP contribution in [0.3, 0.4) is 0 Å². The minimum atomic E-state index is -0.409. The van der Waals surface area contributed by atoms with Crippen molar-refractivity contribution < 1.29 is 9.53 Å². The molecule has 1 aromatic heterocycles. The fraction of sp³-hybridized carbons (Fsp3) is 0.0588. The normalized spacial score (nSPS) is 16.5. The molecule has 104 valence electrons. The first-order chi connectivity index (χ1) is 10.2. The molecule has 4 heteroatoms. The molecule has 21 heavy (non-hydrogen) atoms. The number of aliphatic imine (C=N–C) groups is 1.